The van der Waals surface area contributed by atoms with Crippen LogP contribution in [0.5, 0.6) is 0 Å². The number of nitrogens with zero attached hydrogens (tertiary/aromatic N) is 4. The number of nitro groups is 2. The molecule has 0 saturated heterocycles. The average Bonchev–Trinajstić information content (AvgIpc) is 3.46. The lowest BCUT2D eigenvalue weighted by Gasteiger charge is -2.02. The van der Waals surface area contributed by atoms with Gasteiger partial charge in [-0.15, -0.1) is 0 Å². The van der Waals surface area contributed by atoms with Crippen LogP contribution in [0, 0.1) is 26.0 Å². The second-order valence-corrected chi connectivity index (χ2v) is 8.85. The van der Waals surface area contributed by atoms with Crippen LogP contribution in [0.1, 0.15) is 25.2 Å². The summed E-state index contributed by atoms with van der Waals surface area (Å²) in [4.78, 5) is 21.2. The van der Waals surface area contributed by atoms with Gasteiger partial charge in [-0.25, -0.2) is 13.2 Å². The van der Waals surface area contributed by atoms with Crippen molar-refractivity contribution in [3.8, 4) is 0 Å². The molecule has 14 heteroatoms. The summed E-state index contributed by atoms with van der Waals surface area (Å²) in [6, 6.07) is 18.1. The van der Waals surface area contributed by atoms with Gasteiger partial charge in [0.15, 0.2) is 0 Å². The van der Waals surface area contributed by atoms with E-state index in [-0.39, 0.29) is 22.1 Å². The van der Waals surface area contributed by atoms with Crippen molar-refractivity contribution in [2.45, 2.75) is 23.6 Å². The zero-order valence-electron chi connectivity index (χ0n) is 21.3. The molecule has 0 unspecified atom stereocenters. The van der Waals surface area contributed by atoms with E-state index in [0.29, 0.717) is 17.1 Å². The van der Waals surface area contributed by atoms with E-state index in [1.54, 1.807) is 42.6 Å². The van der Waals surface area contributed by atoms with Crippen LogP contribution in [0.4, 0.5) is 27.1 Å². The summed E-state index contributed by atoms with van der Waals surface area (Å²) in [7, 11) is 0. The van der Waals surface area contributed by atoms with E-state index in [0.717, 1.165) is 28.5 Å². The molecule has 4 N–H and O–H groups in total. The maximum atomic E-state index is 12.7. The summed E-state index contributed by atoms with van der Waals surface area (Å²) in [5.41, 5.74) is 12.7. The topological polar surface area (TPSA) is 176 Å². The van der Waals surface area contributed by atoms with E-state index in [2.05, 4.69) is 8.80 Å². The molecule has 1 aromatic heterocycles. The van der Waals surface area contributed by atoms with Gasteiger partial charge in [0.1, 0.15) is 16.5 Å². The van der Waals surface area contributed by atoms with Gasteiger partial charge < -0.3 is 15.9 Å². The van der Waals surface area contributed by atoms with Gasteiger partial charge in [-0.05, 0) is 54.1 Å². The Hall–Kier alpha value is -4.69. The van der Waals surface area contributed by atoms with E-state index >= 15 is 0 Å². The minimum atomic E-state index is -0.687. The standard InChI is InChI=1S/C13H12FN3S.C11H7N3O5S.C2H6/c14-10-3-1-9(2-4-10)8-17-18-13-6-5-11(15)7-12(13)16;15-13(16)8-3-4-11(10(6-8)14(17)18)20-12-7-9-2-1-5-19-9;1-2/h1-8H,15-16H2;1-7H;1-2H3/b17-8+;12-7+;. The first kappa shape index (κ1) is 31.5. The van der Waals surface area contributed by atoms with Crippen molar-refractivity contribution in [2.75, 3.05) is 11.5 Å². The maximum absolute atomic E-state index is 12.7. The molecule has 0 amide bonds. The molecule has 3 aromatic carbocycles. The first-order valence-corrected chi connectivity index (χ1v) is 13.1. The summed E-state index contributed by atoms with van der Waals surface area (Å²) in [6.07, 6.45) is 4.52. The Morgan fingerprint density at radius 2 is 1.50 bits per heavy atom. The molecular weight excluding hydrogens is 559 g/mol. The van der Waals surface area contributed by atoms with E-state index in [4.69, 9.17) is 15.9 Å². The van der Waals surface area contributed by atoms with Crippen molar-refractivity contribution in [1.29, 1.82) is 0 Å². The summed E-state index contributed by atoms with van der Waals surface area (Å²) >= 11 is 2.09. The average molecular weight is 585 g/mol. The molecule has 0 spiro atoms. The van der Waals surface area contributed by atoms with E-state index in [9.17, 15) is 24.6 Å². The monoisotopic (exact) mass is 584 g/mol. The number of non-ortho nitro benzene ring substituents is 1. The van der Waals surface area contributed by atoms with Gasteiger partial charge in [-0.2, -0.15) is 0 Å². The molecule has 0 atom stereocenters. The Bertz CT molecular complexity index is 1470. The van der Waals surface area contributed by atoms with E-state index in [1.165, 1.54) is 48.7 Å². The highest BCUT2D eigenvalue weighted by Crippen LogP contribution is 2.33. The summed E-state index contributed by atoms with van der Waals surface area (Å²) in [5, 5.41) is 21.5. The van der Waals surface area contributed by atoms with Crippen molar-refractivity contribution in [3.63, 3.8) is 0 Å². The first-order chi connectivity index (χ1) is 19.2. The fourth-order valence-electron chi connectivity index (χ4n) is 2.68. The maximum Gasteiger partial charge on any atom is 0.291 e. The van der Waals surface area contributed by atoms with Crippen molar-refractivity contribution in [3.05, 3.63) is 116 Å². The lowest BCUT2D eigenvalue weighted by Crippen LogP contribution is -1.94. The van der Waals surface area contributed by atoms with E-state index < -0.39 is 9.85 Å². The smallest absolute Gasteiger partial charge is 0.291 e. The molecule has 4 rings (SSSR count). The molecule has 0 aliphatic heterocycles. The number of rotatable bonds is 8. The zero-order valence-corrected chi connectivity index (χ0v) is 23.0. The van der Waals surface area contributed by atoms with Gasteiger partial charge in [0.25, 0.3) is 11.4 Å². The number of nitrogens with two attached hydrogens (primary N) is 2. The number of nitrogen functional groups attached to an aromatic ring is 2. The number of hydrogen-bond acceptors (Lipinski definition) is 11. The highest BCUT2D eigenvalue weighted by Gasteiger charge is 2.19. The van der Waals surface area contributed by atoms with Crippen molar-refractivity contribution in [1.82, 2.24) is 0 Å². The highest BCUT2D eigenvalue weighted by molar-refractivity contribution is 7.98. The molecule has 0 radical (unpaired) electrons. The number of nitro benzene ring substituents is 2. The SMILES string of the molecule is CC.Nc1ccc(S/N=C/c2ccc(F)cc2)c(N)c1.O=[N+]([O-])c1ccc(S/N=C/c2ccco2)c([N+](=O)[O-])c1. The molecule has 208 valence electrons. The van der Waals surface area contributed by atoms with Crippen LogP contribution in [-0.4, -0.2) is 22.3 Å². The molecule has 11 nitrogen and oxygen atoms in total. The molecule has 0 aliphatic carbocycles. The zero-order chi connectivity index (χ0) is 29.5. The predicted molar refractivity (Wildman–Crippen MR) is 158 cm³/mol. The van der Waals surface area contributed by atoms with Crippen molar-refractivity contribution in [2.24, 2.45) is 8.80 Å². The number of hydrogen-bond donors (Lipinski definition) is 2. The van der Waals surface area contributed by atoms with Gasteiger partial charge in [-0.3, -0.25) is 20.2 Å². The van der Waals surface area contributed by atoms with Crippen LogP contribution in [-0.2, 0) is 0 Å². The normalized spacial score (nSPS) is 10.5. The van der Waals surface area contributed by atoms with Gasteiger partial charge in [0.2, 0.25) is 0 Å². The van der Waals surface area contributed by atoms with Gasteiger partial charge in [0.05, 0.1) is 33.3 Å². The van der Waals surface area contributed by atoms with Crippen molar-refractivity contribution >= 4 is 59.1 Å². The van der Waals surface area contributed by atoms with Crippen molar-refractivity contribution < 1.29 is 18.7 Å². The van der Waals surface area contributed by atoms with E-state index in [1.807, 2.05) is 19.9 Å². The molecule has 0 fully saturated rings. The van der Waals surface area contributed by atoms with Gasteiger partial charge in [-0.1, -0.05) is 26.0 Å². The Kier molecular flexibility index (Phi) is 12.9. The first-order valence-electron chi connectivity index (χ1n) is 11.5. The van der Waals surface area contributed by atoms with Gasteiger partial charge >= 0.3 is 0 Å². The Morgan fingerprint density at radius 1 is 0.850 bits per heavy atom. The van der Waals surface area contributed by atoms with Crippen LogP contribution in [0.15, 0.2) is 102 Å². The van der Waals surface area contributed by atoms with Gasteiger partial charge in [0, 0.05) is 47.6 Å². The fourth-order valence-corrected chi connectivity index (χ4v) is 3.89. The second-order valence-electron chi connectivity index (χ2n) is 7.18. The highest BCUT2D eigenvalue weighted by atomic mass is 32.2. The lowest BCUT2D eigenvalue weighted by atomic mass is 10.2. The summed E-state index contributed by atoms with van der Waals surface area (Å²) < 4.78 is 25.8. The summed E-state index contributed by atoms with van der Waals surface area (Å²) in [5.74, 6) is 0.240. The van der Waals surface area contributed by atoms with Crippen LogP contribution in [0.2, 0.25) is 0 Å². The summed E-state index contributed by atoms with van der Waals surface area (Å²) in [6.45, 7) is 4.00. The lowest BCUT2D eigenvalue weighted by molar-refractivity contribution is -0.396. The van der Waals surface area contributed by atoms with Crippen LogP contribution >= 0.6 is 23.9 Å². The van der Waals surface area contributed by atoms with Crippen LogP contribution < -0.4 is 11.5 Å². The molecule has 0 saturated carbocycles. The number of halogens is 1. The predicted octanol–water partition coefficient (Wildman–Crippen LogP) is 7.36. The number of furan rings is 1. The molecule has 4 aromatic rings. The number of anilines is 2. The molecule has 40 heavy (non-hydrogen) atoms. The minimum absolute atomic E-state index is 0.211. The third-order valence-corrected chi connectivity index (χ3v) is 6.01. The van der Waals surface area contributed by atoms with Crippen LogP contribution in [0.25, 0.3) is 0 Å². The molecule has 0 aliphatic rings. The third-order valence-electron chi connectivity index (χ3n) is 4.48. The number of benzene rings is 3. The largest absolute Gasteiger partial charge is 0.463 e. The Morgan fingerprint density at radius 3 is 2.10 bits per heavy atom. The second kappa shape index (κ2) is 16.3. The molecular formula is C26H25FN6O5S2. The molecule has 1 heterocycles. The quantitative estimate of drug-likeness (QED) is 0.0703. The minimum Gasteiger partial charge on any atom is -0.463 e. The Balaban J connectivity index is 0.000000265. The third kappa shape index (κ3) is 10.2. The fraction of sp³-hybridized carbons (Fsp3) is 0.0769. The Labute approximate surface area is 237 Å². The molecule has 0 bridgehead atoms. The van der Waals surface area contributed by atoms with Crippen LogP contribution in [0.3, 0.4) is 0 Å².